The Kier molecular flexibility index (Phi) is 5.24. The van der Waals surface area contributed by atoms with Crippen LogP contribution >= 0.6 is 11.8 Å². The zero-order valence-electron chi connectivity index (χ0n) is 12.3. The summed E-state index contributed by atoms with van der Waals surface area (Å²) in [6.07, 6.45) is 2.24. The number of aryl methyl sites for hydroxylation is 2. The van der Waals surface area contributed by atoms with Gasteiger partial charge >= 0.3 is 5.69 Å². The molecule has 0 aliphatic heterocycles. The largest absolute Gasteiger partial charge is 0.396 e. The van der Waals surface area contributed by atoms with Gasteiger partial charge in [-0.1, -0.05) is 0 Å². The van der Waals surface area contributed by atoms with Crippen molar-refractivity contribution < 1.29 is 5.11 Å². The third-order valence-corrected chi connectivity index (χ3v) is 4.38. The smallest absolute Gasteiger partial charge is 0.332 e. The molecule has 0 atom stereocenters. The van der Waals surface area contributed by atoms with Gasteiger partial charge < -0.3 is 5.11 Å². The standard InChI is InChI=1S/C13H20N4O3S/c1-3-17-11-10(9-14-17)12(19)16(13(20)15(11)2)5-4-7-21-8-6-18/h9,18H,3-8H2,1-2H3. The normalized spacial score (nSPS) is 11.4. The lowest BCUT2D eigenvalue weighted by atomic mass is 10.4. The first kappa shape index (κ1) is 15.8. The molecule has 0 unspecified atom stereocenters. The molecule has 0 aliphatic rings. The number of hydrogen-bond acceptors (Lipinski definition) is 5. The molecule has 2 heterocycles. The Morgan fingerprint density at radius 3 is 2.76 bits per heavy atom. The van der Waals surface area contributed by atoms with Gasteiger partial charge in [-0.25, -0.2) is 9.48 Å². The molecule has 0 saturated heterocycles. The summed E-state index contributed by atoms with van der Waals surface area (Å²) in [5.41, 5.74) is -0.0202. The van der Waals surface area contributed by atoms with E-state index in [-0.39, 0.29) is 17.9 Å². The molecule has 7 nitrogen and oxygen atoms in total. The lowest BCUT2D eigenvalue weighted by Gasteiger charge is -2.09. The lowest BCUT2D eigenvalue weighted by molar-refractivity contribution is 0.322. The summed E-state index contributed by atoms with van der Waals surface area (Å²) in [6, 6.07) is 0. The predicted octanol–water partition coefficient (Wildman–Crippen LogP) is 0.0322. The van der Waals surface area contributed by atoms with E-state index in [9.17, 15) is 9.59 Å². The first-order valence-electron chi connectivity index (χ1n) is 6.95. The molecule has 2 aromatic heterocycles. The van der Waals surface area contributed by atoms with Crippen LogP contribution in [0.2, 0.25) is 0 Å². The quantitative estimate of drug-likeness (QED) is 0.730. The van der Waals surface area contributed by atoms with E-state index < -0.39 is 0 Å². The van der Waals surface area contributed by atoms with E-state index >= 15 is 0 Å². The van der Waals surface area contributed by atoms with Crippen LogP contribution in [0.15, 0.2) is 15.8 Å². The van der Waals surface area contributed by atoms with E-state index in [1.165, 1.54) is 15.3 Å². The Bertz CT molecular complexity index is 731. The molecular formula is C13H20N4O3S. The van der Waals surface area contributed by atoms with E-state index in [1.807, 2.05) is 6.92 Å². The maximum atomic E-state index is 12.4. The van der Waals surface area contributed by atoms with Crippen LogP contribution in [0.4, 0.5) is 0 Å². The van der Waals surface area contributed by atoms with E-state index in [0.717, 1.165) is 5.75 Å². The lowest BCUT2D eigenvalue weighted by Crippen LogP contribution is -2.39. The maximum Gasteiger partial charge on any atom is 0.332 e. The average molecular weight is 312 g/mol. The molecule has 21 heavy (non-hydrogen) atoms. The van der Waals surface area contributed by atoms with Crippen molar-refractivity contribution in [3.05, 3.63) is 27.0 Å². The number of hydrogen-bond donors (Lipinski definition) is 1. The number of aromatic nitrogens is 4. The molecule has 1 N–H and O–H groups in total. The molecule has 2 aromatic rings. The number of thioether (sulfide) groups is 1. The van der Waals surface area contributed by atoms with Crippen molar-refractivity contribution >= 4 is 22.8 Å². The monoisotopic (exact) mass is 312 g/mol. The van der Waals surface area contributed by atoms with E-state index in [2.05, 4.69) is 5.10 Å². The Labute approximate surface area is 126 Å². The molecule has 0 radical (unpaired) electrons. The minimum Gasteiger partial charge on any atom is -0.396 e. The fourth-order valence-corrected chi connectivity index (χ4v) is 2.97. The summed E-state index contributed by atoms with van der Waals surface area (Å²) in [7, 11) is 1.66. The fraction of sp³-hybridized carbons (Fsp3) is 0.615. The van der Waals surface area contributed by atoms with Gasteiger partial charge in [0.1, 0.15) is 11.0 Å². The summed E-state index contributed by atoms with van der Waals surface area (Å²) in [6.45, 7) is 3.06. The molecule has 0 spiro atoms. The van der Waals surface area contributed by atoms with Crippen molar-refractivity contribution in [3.8, 4) is 0 Å². The van der Waals surface area contributed by atoms with E-state index in [4.69, 9.17) is 5.11 Å². The average Bonchev–Trinajstić information content (AvgIpc) is 2.92. The molecule has 2 rings (SSSR count). The van der Waals surface area contributed by atoms with Crippen molar-refractivity contribution in [1.29, 1.82) is 0 Å². The Hall–Kier alpha value is -1.54. The Balaban J connectivity index is 2.33. The summed E-state index contributed by atoms with van der Waals surface area (Å²) in [5, 5.41) is 13.3. The molecule has 0 saturated carbocycles. The van der Waals surface area contributed by atoms with Gasteiger partial charge in [0.05, 0.1) is 12.8 Å². The highest BCUT2D eigenvalue weighted by Gasteiger charge is 2.14. The summed E-state index contributed by atoms with van der Waals surface area (Å²) in [5.74, 6) is 1.48. The number of rotatable bonds is 7. The second-order valence-corrected chi connectivity index (χ2v) is 5.91. The van der Waals surface area contributed by atoms with Crippen LogP contribution in [0.1, 0.15) is 13.3 Å². The van der Waals surface area contributed by atoms with Gasteiger partial charge in [0, 0.05) is 25.9 Å². The summed E-state index contributed by atoms with van der Waals surface area (Å²) >= 11 is 1.61. The molecule has 8 heteroatoms. The Morgan fingerprint density at radius 2 is 2.10 bits per heavy atom. The van der Waals surface area contributed by atoms with Gasteiger partial charge in [0.2, 0.25) is 0 Å². The molecule has 116 valence electrons. The third kappa shape index (κ3) is 3.06. The van der Waals surface area contributed by atoms with Crippen LogP contribution in [-0.2, 0) is 20.1 Å². The van der Waals surface area contributed by atoms with Crippen molar-refractivity contribution in [2.24, 2.45) is 7.05 Å². The van der Waals surface area contributed by atoms with Crippen LogP contribution in [-0.4, -0.2) is 42.1 Å². The van der Waals surface area contributed by atoms with Crippen LogP contribution in [0.5, 0.6) is 0 Å². The summed E-state index contributed by atoms with van der Waals surface area (Å²) < 4.78 is 4.40. The van der Waals surface area contributed by atoms with Crippen LogP contribution < -0.4 is 11.2 Å². The van der Waals surface area contributed by atoms with Gasteiger partial charge in [-0.05, 0) is 19.1 Å². The minimum absolute atomic E-state index is 0.147. The van der Waals surface area contributed by atoms with Crippen LogP contribution in [0.3, 0.4) is 0 Å². The predicted molar refractivity (Wildman–Crippen MR) is 83.9 cm³/mol. The van der Waals surface area contributed by atoms with Crippen LogP contribution in [0.25, 0.3) is 11.0 Å². The fourth-order valence-electron chi connectivity index (χ4n) is 2.31. The highest BCUT2D eigenvalue weighted by atomic mass is 32.2. The van der Waals surface area contributed by atoms with E-state index in [0.29, 0.717) is 36.3 Å². The highest BCUT2D eigenvalue weighted by molar-refractivity contribution is 7.99. The topological polar surface area (TPSA) is 82.1 Å². The van der Waals surface area contributed by atoms with Crippen molar-refractivity contribution in [2.45, 2.75) is 26.4 Å². The van der Waals surface area contributed by atoms with Gasteiger partial charge in [-0.3, -0.25) is 13.9 Å². The number of nitrogens with zero attached hydrogens (tertiary/aromatic N) is 4. The maximum absolute atomic E-state index is 12.4. The SMILES string of the molecule is CCn1ncc2c(=O)n(CCCSCCO)c(=O)n(C)c21. The van der Waals surface area contributed by atoms with Crippen molar-refractivity contribution in [3.63, 3.8) is 0 Å². The number of aliphatic hydroxyl groups excluding tert-OH is 1. The van der Waals surface area contributed by atoms with Gasteiger partial charge in [-0.2, -0.15) is 16.9 Å². The highest BCUT2D eigenvalue weighted by Crippen LogP contribution is 2.07. The van der Waals surface area contributed by atoms with Gasteiger partial charge in [0.15, 0.2) is 0 Å². The minimum atomic E-state index is -0.310. The molecule has 0 aliphatic carbocycles. The second kappa shape index (κ2) is 6.95. The second-order valence-electron chi connectivity index (χ2n) is 4.69. The Morgan fingerprint density at radius 1 is 1.33 bits per heavy atom. The molecule has 0 aromatic carbocycles. The molecule has 0 bridgehead atoms. The molecular weight excluding hydrogens is 292 g/mol. The molecule has 0 fully saturated rings. The van der Waals surface area contributed by atoms with E-state index in [1.54, 1.807) is 23.5 Å². The van der Waals surface area contributed by atoms with Gasteiger partial charge in [0.25, 0.3) is 5.56 Å². The zero-order chi connectivity index (χ0) is 15.4. The molecule has 0 amide bonds. The first-order valence-corrected chi connectivity index (χ1v) is 8.11. The number of aliphatic hydroxyl groups is 1. The summed E-state index contributed by atoms with van der Waals surface area (Å²) in [4.78, 5) is 24.7. The zero-order valence-corrected chi connectivity index (χ0v) is 13.1. The third-order valence-electron chi connectivity index (χ3n) is 3.33. The van der Waals surface area contributed by atoms with Crippen LogP contribution in [0, 0.1) is 0 Å². The van der Waals surface area contributed by atoms with Crippen molar-refractivity contribution in [1.82, 2.24) is 18.9 Å². The van der Waals surface area contributed by atoms with Gasteiger partial charge in [-0.15, -0.1) is 0 Å². The number of fused-ring (bicyclic) bond motifs is 1. The van der Waals surface area contributed by atoms with Crippen molar-refractivity contribution in [2.75, 3.05) is 18.1 Å². The first-order chi connectivity index (χ1) is 10.1.